The zero-order valence-corrected chi connectivity index (χ0v) is 10.00. The number of carbonyl (C=O) groups is 2. The smallest absolute Gasteiger partial charge is 0.340 e. The summed E-state index contributed by atoms with van der Waals surface area (Å²) in [7, 11) is 1.96. The van der Waals surface area contributed by atoms with Gasteiger partial charge in [0.05, 0.1) is 0 Å². The number of hydrogen-bond acceptors (Lipinski definition) is 4. The molecule has 2 atom stereocenters. The fourth-order valence-electron chi connectivity index (χ4n) is 1.79. The van der Waals surface area contributed by atoms with Crippen LogP contribution >= 0.6 is 12.9 Å². The van der Waals surface area contributed by atoms with Crippen molar-refractivity contribution in [2.45, 2.75) is 32.1 Å². The molecule has 0 saturated carbocycles. The highest BCUT2D eigenvalue weighted by Crippen LogP contribution is 2.21. The van der Waals surface area contributed by atoms with Crippen LogP contribution in [-0.4, -0.2) is 37.2 Å². The third kappa shape index (κ3) is 2.68. The Morgan fingerprint density at radius 2 is 2.33 bits per heavy atom. The quantitative estimate of drug-likeness (QED) is 0.422. The molecule has 15 heavy (non-hydrogen) atoms. The van der Waals surface area contributed by atoms with Crippen molar-refractivity contribution in [1.29, 1.82) is 0 Å². The van der Waals surface area contributed by atoms with Gasteiger partial charge in [-0.1, -0.05) is 13.2 Å². The highest BCUT2D eigenvalue weighted by Gasteiger charge is 2.36. The number of carbonyl (C=O) groups excluding carboxylic acids is 2. The van der Waals surface area contributed by atoms with E-state index in [2.05, 4.69) is 17.1 Å². The van der Waals surface area contributed by atoms with Crippen molar-refractivity contribution < 1.29 is 13.8 Å². The lowest BCUT2D eigenvalue weighted by Crippen LogP contribution is -2.43. The molecule has 2 unspecified atom stereocenters. The molecule has 1 fully saturated rings. The van der Waals surface area contributed by atoms with E-state index >= 15 is 0 Å². The third-order valence-corrected chi connectivity index (χ3v) is 3.11. The lowest BCUT2D eigenvalue weighted by molar-refractivity contribution is -0.146. The first-order valence-electron chi connectivity index (χ1n) is 5.27. The zero-order chi connectivity index (χ0) is 11.4. The van der Waals surface area contributed by atoms with Crippen LogP contribution in [0.25, 0.3) is 0 Å². The second-order valence-corrected chi connectivity index (χ2v) is 4.09. The van der Waals surface area contributed by atoms with Gasteiger partial charge in [0.2, 0.25) is 5.91 Å². The molecule has 1 rings (SSSR count). The van der Waals surface area contributed by atoms with Crippen LogP contribution in [0.5, 0.6) is 0 Å². The van der Waals surface area contributed by atoms with Gasteiger partial charge < -0.3 is 9.08 Å². The fourth-order valence-corrected chi connectivity index (χ4v) is 1.92. The summed E-state index contributed by atoms with van der Waals surface area (Å²) in [6.07, 6.45) is 2.33. The van der Waals surface area contributed by atoms with E-state index in [1.54, 1.807) is 4.90 Å². The molecule has 0 aromatic heterocycles. The molecule has 1 heterocycles. The summed E-state index contributed by atoms with van der Waals surface area (Å²) in [4.78, 5) is 24.9. The van der Waals surface area contributed by atoms with Crippen molar-refractivity contribution in [3.63, 3.8) is 0 Å². The van der Waals surface area contributed by atoms with Crippen molar-refractivity contribution in [2.75, 3.05) is 6.54 Å². The van der Waals surface area contributed by atoms with Gasteiger partial charge in [-0.2, -0.15) is 0 Å². The number of rotatable bonds is 3. The Balaban J connectivity index is 2.68. The predicted molar refractivity (Wildman–Crippen MR) is 62.3 cm³/mol. The molecule has 0 N–H and O–H groups in total. The minimum Gasteiger partial charge on any atom is -0.393 e. The van der Waals surface area contributed by atoms with E-state index in [4.69, 9.17) is 0 Å². The molecular weight excluding hydrogens is 213 g/mol. The Kier molecular flexibility index (Phi) is 4.51. The molecule has 0 aliphatic carbocycles. The highest BCUT2D eigenvalue weighted by molar-refractivity contribution is 7.75. The van der Waals surface area contributed by atoms with Gasteiger partial charge in [0.25, 0.3) is 0 Å². The summed E-state index contributed by atoms with van der Waals surface area (Å²) in [5, 5.41) is 0. The maximum atomic E-state index is 11.9. The first kappa shape index (κ1) is 12.4. The van der Waals surface area contributed by atoms with E-state index in [1.165, 1.54) is 0 Å². The summed E-state index contributed by atoms with van der Waals surface area (Å²) in [6, 6.07) is -0.427. The third-order valence-electron chi connectivity index (χ3n) is 2.93. The molecule has 0 spiro atoms. The minimum atomic E-state index is -0.427. The lowest BCUT2D eigenvalue weighted by Gasteiger charge is -2.24. The fraction of sp³-hybridized carbons (Fsp3) is 0.778. The summed E-state index contributed by atoms with van der Waals surface area (Å²) >= 11 is 3.49. The monoisotopic (exact) mass is 229 g/mol. The van der Waals surface area contributed by atoms with E-state index in [0.717, 1.165) is 12.7 Å². The lowest BCUT2D eigenvalue weighted by atomic mass is 9.91. The van der Waals surface area contributed by atoms with Gasteiger partial charge in [-0.25, -0.2) is 4.79 Å². The molecule has 0 bridgehead atoms. The summed E-state index contributed by atoms with van der Waals surface area (Å²) in [5.74, 6) is -0.412. The molecule has 0 radical (unpaired) electrons. The Morgan fingerprint density at radius 1 is 1.67 bits per heavy atom. The Morgan fingerprint density at radius 3 is 2.87 bits per heavy atom. The molecule has 6 heteroatoms. The zero-order valence-electron chi connectivity index (χ0n) is 9.10. The molecule has 84 valence electrons. The number of thiol groups is 1. The van der Waals surface area contributed by atoms with Gasteiger partial charge in [-0.3, -0.25) is 4.79 Å². The molecule has 0 aromatic rings. The van der Waals surface area contributed by atoms with Gasteiger partial charge in [0.1, 0.15) is 13.9 Å². The molecular formula is C9H16BNO3S. The van der Waals surface area contributed by atoms with E-state index < -0.39 is 12.0 Å². The standard InChI is InChI=1S/C9H16BNO3S/c1-6(5-10)8(12)11-4-2-3-7(11)9(13)14-15/h6-7,15H,2-5,10H2,1H3. The predicted octanol–water partition coefficient (Wildman–Crippen LogP) is 0.0529. The average molecular weight is 229 g/mol. The van der Waals surface area contributed by atoms with E-state index in [-0.39, 0.29) is 11.8 Å². The van der Waals surface area contributed by atoms with Crippen LogP contribution in [0.4, 0.5) is 0 Å². The summed E-state index contributed by atoms with van der Waals surface area (Å²) < 4.78 is 4.39. The SMILES string of the molecule is BCC(C)C(=O)N1CCCC1C(=O)OS. The second kappa shape index (κ2) is 5.44. The minimum absolute atomic E-state index is 0.0293. The first-order chi connectivity index (χ1) is 7.11. The van der Waals surface area contributed by atoms with Crippen molar-refractivity contribution in [2.24, 2.45) is 5.92 Å². The van der Waals surface area contributed by atoms with Crippen LogP contribution in [0.2, 0.25) is 6.32 Å². The normalized spacial score (nSPS) is 22.5. The topological polar surface area (TPSA) is 46.6 Å². The van der Waals surface area contributed by atoms with Crippen molar-refractivity contribution in [3.05, 3.63) is 0 Å². The maximum Gasteiger partial charge on any atom is 0.340 e. The summed E-state index contributed by atoms with van der Waals surface area (Å²) in [6.45, 7) is 2.53. The van der Waals surface area contributed by atoms with Crippen molar-refractivity contribution in [1.82, 2.24) is 4.90 Å². The van der Waals surface area contributed by atoms with Crippen molar-refractivity contribution in [3.8, 4) is 0 Å². The van der Waals surface area contributed by atoms with E-state index in [1.807, 2.05) is 14.8 Å². The Bertz CT molecular complexity index is 262. The van der Waals surface area contributed by atoms with Crippen LogP contribution in [0.3, 0.4) is 0 Å². The number of amides is 1. The van der Waals surface area contributed by atoms with E-state index in [9.17, 15) is 9.59 Å². The molecule has 1 aliphatic heterocycles. The van der Waals surface area contributed by atoms with Gasteiger partial charge in [0, 0.05) is 25.4 Å². The molecule has 1 amide bonds. The molecule has 4 nitrogen and oxygen atoms in total. The van der Waals surface area contributed by atoms with Gasteiger partial charge >= 0.3 is 5.97 Å². The Hall–Kier alpha value is -0.645. The maximum absolute atomic E-state index is 11.9. The first-order valence-corrected chi connectivity index (χ1v) is 5.64. The summed E-state index contributed by atoms with van der Waals surface area (Å²) in [5.41, 5.74) is 0. The number of hydrogen-bond donors (Lipinski definition) is 1. The van der Waals surface area contributed by atoms with Crippen molar-refractivity contribution >= 4 is 32.6 Å². The van der Waals surface area contributed by atoms with E-state index in [0.29, 0.717) is 13.0 Å². The largest absolute Gasteiger partial charge is 0.393 e. The number of likely N-dealkylation sites (tertiary alicyclic amines) is 1. The highest BCUT2D eigenvalue weighted by atomic mass is 32.1. The number of nitrogens with zero attached hydrogens (tertiary/aromatic N) is 1. The Labute approximate surface area is 96.4 Å². The van der Waals surface area contributed by atoms with Gasteiger partial charge in [-0.15, -0.1) is 0 Å². The second-order valence-electron chi connectivity index (χ2n) is 3.91. The van der Waals surface area contributed by atoms with Crippen LogP contribution in [-0.2, 0) is 13.8 Å². The van der Waals surface area contributed by atoms with Gasteiger partial charge in [0.15, 0.2) is 0 Å². The molecule has 1 saturated heterocycles. The molecule has 1 aliphatic rings. The van der Waals surface area contributed by atoms with Crippen LogP contribution in [0.15, 0.2) is 0 Å². The average Bonchev–Trinajstić information content (AvgIpc) is 2.74. The van der Waals surface area contributed by atoms with Crippen LogP contribution < -0.4 is 0 Å². The van der Waals surface area contributed by atoms with Crippen LogP contribution in [0, 0.1) is 5.92 Å². The molecule has 0 aromatic carbocycles. The van der Waals surface area contributed by atoms with Crippen LogP contribution in [0.1, 0.15) is 19.8 Å². The van der Waals surface area contributed by atoms with Gasteiger partial charge in [-0.05, 0) is 12.8 Å².